The Morgan fingerprint density at radius 3 is 2.59 bits per heavy atom. The zero-order valence-electron chi connectivity index (χ0n) is 13.4. The molecule has 2 aliphatic rings. The summed E-state index contributed by atoms with van der Waals surface area (Å²) in [6.45, 7) is 4.42. The van der Waals surface area contributed by atoms with E-state index in [1.165, 1.54) is 12.8 Å². The number of benzene rings is 1. The van der Waals surface area contributed by atoms with Crippen molar-refractivity contribution in [3.8, 4) is 0 Å². The standard InChI is InChI=1S/C18H27FN2O/c1-2-17(14-4-5-14)20-12-13-3-6-18(16(19)11-13)21-9-7-15(22)8-10-21/h3,6,11,14-15,17,20,22H,2,4-5,7-10,12H2,1H3. The third-order valence-electron chi connectivity index (χ3n) is 5.02. The molecule has 1 aromatic carbocycles. The highest BCUT2D eigenvalue weighted by Crippen LogP contribution is 2.34. The molecule has 1 atom stereocenters. The lowest BCUT2D eigenvalue weighted by molar-refractivity contribution is 0.145. The SMILES string of the molecule is CCC(NCc1ccc(N2CCC(O)CC2)c(F)c1)C1CC1. The highest BCUT2D eigenvalue weighted by Gasteiger charge is 2.29. The van der Waals surface area contributed by atoms with Crippen LogP contribution in [-0.2, 0) is 6.54 Å². The van der Waals surface area contributed by atoms with Gasteiger partial charge < -0.3 is 15.3 Å². The molecule has 122 valence electrons. The van der Waals surface area contributed by atoms with Crippen molar-refractivity contribution in [2.75, 3.05) is 18.0 Å². The van der Waals surface area contributed by atoms with Crippen LogP contribution in [0.4, 0.5) is 10.1 Å². The third kappa shape index (κ3) is 3.79. The van der Waals surface area contributed by atoms with E-state index >= 15 is 0 Å². The summed E-state index contributed by atoms with van der Waals surface area (Å²) in [6, 6.07) is 6.15. The van der Waals surface area contributed by atoms with Crippen molar-refractivity contribution in [3.05, 3.63) is 29.6 Å². The number of hydrogen-bond acceptors (Lipinski definition) is 3. The Balaban J connectivity index is 1.59. The Kier molecular flexibility index (Phi) is 4.99. The molecule has 1 aliphatic carbocycles. The van der Waals surface area contributed by atoms with Crippen molar-refractivity contribution in [1.82, 2.24) is 5.32 Å². The third-order valence-corrected chi connectivity index (χ3v) is 5.02. The molecule has 0 amide bonds. The van der Waals surface area contributed by atoms with Gasteiger partial charge in [-0.2, -0.15) is 0 Å². The first-order chi connectivity index (χ1) is 10.7. The molecule has 0 spiro atoms. The van der Waals surface area contributed by atoms with Crippen molar-refractivity contribution in [1.29, 1.82) is 0 Å². The van der Waals surface area contributed by atoms with E-state index in [4.69, 9.17) is 0 Å². The first kappa shape index (κ1) is 15.8. The van der Waals surface area contributed by atoms with Crippen LogP contribution in [0, 0.1) is 11.7 Å². The number of piperidine rings is 1. The van der Waals surface area contributed by atoms with E-state index in [-0.39, 0.29) is 11.9 Å². The molecule has 1 unspecified atom stereocenters. The first-order valence-corrected chi connectivity index (χ1v) is 8.62. The van der Waals surface area contributed by atoms with E-state index in [2.05, 4.69) is 12.2 Å². The molecule has 4 heteroatoms. The van der Waals surface area contributed by atoms with Crippen LogP contribution in [0.15, 0.2) is 18.2 Å². The molecule has 0 bridgehead atoms. The van der Waals surface area contributed by atoms with Gasteiger partial charge >= 0.3 is 0 Å². The number of aliphatic hydroxyl groups excluding tert-OH is 1. The van der Waals surface area contributed by atoms with Gasteiger partial charge in [0.1, 0.15) is 5.82 Å². The molecular weight excluding hydrogens is 279 g/mol. The average molecular weight is 306 g/mol. The summed E-state index contributed by atoms with van der Waals surface area (Å²) in [6.07, 6.45) is 5.03. The molecule has 2 N–H and O–H groups in total. The van der Waals surface area contributed by atoms with Crippen LogP contribution in [0.5, 0.6) is 0 Å². The Labute approximate surface area is 132 Å². The van der Waals surface area contributed by atoms with E-state index in [1.54, 1.807) is 6.07 Å². The van der Waals surface area contributed by atoms with E-state index < -0.39 is 0 Å². The molecule has 1 aromatic rings. The summed E-state index contributed by atoms with van der Waals surface area (Å²) in [5.74, 6) is 0.684. The molecule has 1 aliphatic heterocycles. The van der Waals surface area contributed by atoms with Gasteiger partial charge in [-0.25, -0.2) is 4.39 Å². The fourth-order valence-electron chi connectivity index (χ4n) is 3.42. The minimum atomic E-state index is -0.226. The number of anilines is 1. The Bertz CT molecular complexity index is 496. The van der Waals surface area contributed by atoms with Crippen LogP contribution in [0.25, 0.3) is 0 Å². The second-order valence-corrected chi connectivity index (χ2v) is 6.74. The van der Waals surface area contributed by atoms with Crippen LogP contribution in [0.2, 0.25) is 0 Å². The summed E-state index contributed by atoms with van der Waals surface area (Å²) in [5, 5.41) is 13.1. The second kappa shape index (κ2) is 6.97. The average Bonchev–Trinajstić information content (AvgIpc) is 3.34. The first-order valence-electron chi connectivity index (χ1n) is 8.62. The smallest absolute Gasteiger partial charge is 0.146 e. The lowest BCUT2D eigenvalue weighted by atomic mass is 10.1. The van der Waals surface area contributed by atoms with E-state index in [0.717, 1.165) is 50.4 Å². The van der Waals surface area contributed by atoms with Crippen molar-refractivity contribution in [2.45, 2.75) is 57.7 Å². The highest BCUT2D eigenvalue weighted by atomic mass is 19.1. The lowest BCUT2D eigenvalue weighted by Crippen LogP contribution is -2.36. The maximum atomic E-state index is 14.4. The predicted octanol–water partition coefficient (Wildman–Crippen LogP) is 3.07. The highest BCUT2D eigenvalue weighted by molar-refractivity contribution is 5.49. The van der Waals surface area contributed by atoms with Gasteiger partial charge in [0.05, 0.1) is 11.8 Å². The molecule has 3 nitrogen and oxygen atoms in total. The van der Waals surface area contributed by atoms with E-state index in [0.29, 0.717) is 11.7 Å². The number of halogens is 1. The predicted molar refractivity (Wildman–Crippen MR) is 87.5 cm³/mol. The van der Waals surface area contributed by atoms with Crippen molar-refractivity contribution >= 4 is 5.69 Å². The molecule has 0 aromatic heterocycles. The summed E-state index contributed by atoms with van der Waals surface area (Å²) in [7, 11) is 0. The molecule has 3 rings (SSSR count). The topological polar surface area (TPSA) is 35.5 Å². The minimum absolute atomic E-state index is 0.143. The normalized spacial score (nSPS) is 21.1. The van der Waals surface area contributed by atoms with E-state index in [1.807, 2.05) is 17.0 Å². The maximum absolute atomic E-state index is 14.4. The van der Waals surface area contributed by atoms with Crippen molar-refractivity contribution in [2.24, 2.45) is 5.92 Å². The van der Waals surface area contributed by atoms with Crippen LogP contribution >= 0.6 is 0 Å². The van der Waals surface area contributed by atoms with Gasteiger partial charge in [-0.1, -0.05) is 13.0 Å². The summed E-state index contributed by atoms with van der Waals surface area (Å²) < 4.78 is 14.4. The molecule has 1 heterocycles. The van der Waals surface area contributed by atoms with Crippen LogP contribution < -0.4 is 10.2 Å². The van der Waals surface area contributed by atoms with Gasteiger partial charge in [0, 0.05) is 25.7 Å². The van der Waals surface area contributed by atoms with Crippen LogP contribution in [0.1, 0.15) is 44.6 Å². The van der Waals surface area contributed by atoms with Gasteiger partial charge in [0.2, 0.25) is 0 Å². The van der Waals surface area contributed by atoms with Gasteiger partial charge in [-0.3, -0.25) is 0 Å². The van der Waals surface area contributed by atoms with Crippen molar-refractivity contribution < 1.29 is 9.50 Å². The molecule has 1 saturated carbocycles. The molecular formula is C18H27FN2O. The number of nitrogens with zero attached hydrogens (tertiary/aromatic N) is 1. The lowest BCUT2D eigenvalue weighted by Gasteiger charge is -2.31. The Hall–Kier alpha value is -1.13. The monoisotopic (exact) mass is 306 g/mol. The van der Waals surface area contributed by atoms with Gasteiger partial charge in [0.15, 0.2) is 0 Å². The van der Waals surface area contributed by atoms with Gasteiger partial charge in [0.25, 0.3) is 0 Å². The molecule has 1 saturated heterocycles. The molecule has 2 fully saturated rings. The van der Waals surface area contributed by atoms with Crippen molar-refractivity contribution in [3.63, 3.8) is 0 Å². The fraction of sp³-hybridized carbons (Fsp3) is 0.667. The van der Waals surface area contributed by atoms with Crippen LogP contribution in [-0.4, -0.2) is 30.3 Å². The number of rotatable bonds is 6. The zero-order chi connectivity index (χ0) is 15.5. The summed E-state index contributed by atoms with van der Waals surface area (Å²) in [5.41, 5.74) is 1.68. The minimum Gasteiger partial charge on any atom is -0.393 e. The summed E-state index contributed by atoms with van der Waals surface area (Å²) in [4.78, 5) is 2.04. The van der Waals surface area contributed by atoms with Crippen LogP contribution in [0.3, 0.4) is 0 Å². The van der Waals surface area contributed by atoms with Gasteiger partial charge in [-0.05, 0) is 55.7 Å². The second-order valence-electron chi connectivity index (χ2n) is 6.74. The Morgan fingerprint density at radius 2 is 2.00 bits per heavy atom. The molecule has 0 radical (unpaired) electrons. The molecule has 22 heavy (non-hydrogen) atoms. The zero-order valence-corrected chi connectivity index (χ0v) is 13.4. The number of nitrogens with one attached hydrogen (secondary N) is 1. The largest absolute Gasteiger partial charge is 0.393 e. The Morgan fingerprint density at radius 1 is 1.27 bits per heavy atom. The fourth-order valence-corrected chi connectivity index (χ4v) is 3.42. The quantitative estimate of drug-likeness (QED) is 0.848. The maximum Gasteiger partial charge on any atom is 0.146 e. The van der Waals surface area contributed by atoms with Gasteiger partial charge in [-0.15, -0.1) is 0 Å². The summed E-state index contributed by atoms with van der Waals surface area (Å²) >= 11 is 0. The number of hydrogen-bond donors (Lipinski definition) is 2. The van der Waals surface area contributed by atoms with E-state index in [9.17, 15) is 9.50 Å². The number of aliphatic hydroxyl groups is 1.